The Bertz CT molecular complexity index is 1620. The van der Waals surface area contributed by atoms with Crippen molar-refractivity contribution in [3.63, 3.8) is 0 Å². The fraction of sp³-hybridized carbons (Fsp3) is 0.281. The zero-order valence-electron chi connectivity index (χ0n) is 24.3. The van der Waals surface area contributed by atoms with E-state index in [0.717, 1.165) is 22.4 Å². The van der Waals surface area contributed by atoms with E-state index in [1.165, 1.54) is 12.1 Å². The van der Waals surface area contributed by atoms with Crippen molar-refractivity contribution in [1.29, 1.82) is 0 Å². The monoisotopic (exact) mass is 623 g/mol. The predicted octanol–water partition coefficient (Wildman–Crippen LogP) is 4.28. The normalized spacial score (nSPS) is 15.0. The lowest BCUT2D eigenvalue weighted by atomic mass is 9.96. The molecule has 4 aromatic rings. The number of nitrogens with two attached hydrogens (primary N) is 1. The zero-order valence-corrected chi connectivity index (χ0v) is 24.3. The van der Waals surface area contributed by atoms with E-state index < -0.39 is 24.2 Å². The highest BCUT2D eigenvalue weighted by Gasteiger charge is 2.31. The molecule has 1 aliphatic heterocycles. The van der Waals surface area contributed by atoms with Gasteiger partial charge in [-0.15, -0.1) is 13.2 Å². The number of halogens is 3. The second kappa shape index (κ2) is 13.7. The molecular formula is C32H32F3N5O5. The van der Waals surface area contributed by atoms with E-state index >= 15 is 0 Å². The van der Waals surface area contributed by atoms with E-state index in [9.17, 15) is 22.8 Å². The third-order valence-electron chi connectivity index (χ3n) is 7.40. The van der Waals surface area contributed by atoms with Crippen LogP contribution in [-0.4, -0.2) is 47.5 Å². The summed E-state index contributed by atoms with van der Waals surface area (Å²) >= 11 is 0. The van der Waals surface area contributed by atoms with Gasteiger partial charge in [-0.1, -0.05) is 36.4 Å². The predicted molar refractivity (Wildman–Crippen MR) is 158 cm³/mol. The van der Waals surface area contributed by atoms with Crippen LogP contribution < -0.4 is 30.6 Å². The van der Waals surface area contributed by atoms with Crippen molar-refractivity contribution < 1.29 is 37.0 Å². The van der Waals surface area contributed by atoms with Crippen LogP contribution in [0.1, 0.15) is 45.2 Å². The van der Waals surface area contributed by atoms with Crippen molar-refractivity contribution in [2.75, 3.05) is 13.7 Å². The molecule has 45 heavy (non-hydrogen) atoms. The fourth-order valence-corrected chi connectivity index (χ4v) is 5.13. The minimum Gasteiger partial charge on any atom is -0.497 e. The van der Waals surface area contributed by atoms with Gasteiger partial charge >= 0.3 is 6.36 Å². The Kier molecular flexibility index (Phi) is 9.57. The maximum Gasteiger partial charge on any atom is 0.573 e. The van der Waals surface area contributed by atoms with Crippen molar-refractivity contribution >= 4 is 11.8 Å². The smallest absolute Gasteiger partial charge is 0.497 e. The minimum atomic E-state index is -4.75. The Morgan fingerprint density at radius 3 is 2.47 bits per heavy atom. The molecule has 3 aromatic carbocycles. The highest BCUT2D eigenvalue weighted by molar-refractivity contribution is 6.00. The Balaban J connectivity index is 1.24. The van der Waals surface area contributed by atoms with E-state index in [4.69, 9.17) is 15.2 Å². The lowest BCUT2D eigenvalue weighted by molar-refractivity contribution is -0.274. The first-order valence-corrected chi connectivity index (χ1v) is 14.2. The van der Waals surface area contributed by atoms with Crippen LogP contribution in [0.15, 0.2) is 79.3 Å². The standard InChI is InChI=1S/C32H32F3N5O5/c1-43-23-9-5-20(6-10-23)15-28(30(36)41)39-31(42)26-4-2-3-25-27(13-14-44-29(25)26)38-17-22-16-37-19-40(22)18-21-7-11-24(12-8-21)45-32(33,34)35/h2-12,16,19,27-28,38H,13-15,17-18H2,1H3,(H2,36,41)(H,39,42)/t27?,28-/m0/s1. The van der Waals surface area contributed by atoms with Crippen molar-refractivity contribution in [2.45, 2.75) is 44.4 Å². The molecule has 0 bridgehead atoms. The molecule has 236 valence electrons. The first-order valence-electron chi connectivity index (χ1n) is 14.2. The molecule has 0 fully saturated rings. The molecule has 0 saturated carbocycles. The molecule has 2 amide bonds. The summed E-state index contributed by atoms with van der Waals surface area (Å²) < 4.78 is 54.4. The van der Waals surface area contributed by atoms with Crippen molar-refractivity contribution in [3.8, 4) is 17.2 Å². The molecule has 2 heterocycles. The summed E-state index contributed by atoms with van der Waals surface area (Å²) in [7, 11) is 1.56. The third kappa shape index (κ3) is 8.12. The van der Waals surface area contributed by atoms with Crippen molar-refractivity contribution in [1.82, 2.24) is 20.2 Å². The van der Waals surface area contributed by atoms with Gasteiger partial charge in [0.2, 0.25) is 5.91 Å². The topological polar surface area (TPSA) is 130 Å². The van der Waals surface area contributed by atoms with Gasteiger partial charge in [-0.3, -0.25) is 9.59 Å². The SMILES string of the molecule is COc1ccc(C[C@H](NC(=O)c2cccc3c2OCCC3NCc2cncn2Cc2ccc(OC(F)(F)F)cc2)C(N)=O)cc1. The van der Waals surface area contributed by atoms with Crippen LogP contribution in [0.25, 0.3) is 0 Å². The van der Waals surface area contributed by atoms with Gasteiger partial charge in [-0.2, -0.15) is 0 Å². The summed E-state index contributed by atoms with van der Waals surface area (Å²) in [6.07, 6.45) is -0.524. The second-order valence-electron chi connectivity index (χ2n) is 10.5. The van der Waals surface area contributed by atoms with Crippen LogP contribution in [0.2, 0.25) is 0 Å². The van der Waals surface area contributed by atoms with Gasteiger partial charge < -0.3 is 35.1 Å². The molecule has 1 aliphatic rings. The molecule has 0 spiro atoms. The maximum absolute atomic E-state index is 13.4. The highest BCUT2D eigenvalue weighted by atomic mass is 19.4. The van der Waals surface area contributed by atoms with Gasteiger partial charge in [-0.05, 0) is 41.5 Å². The number of fused-ring (bicyclic) bond motifs is 1. The van der Waals surface area contributed by atoms with Gasteiger partial charge in [0, 0.05) is 43.7 Å². The number of para-hydroxylation sites is 1. The van der Waals surface area contributed by atoms with Crippen molar-refractivity contribution in [2.24, 2.45) is 5.73 Å². The van der Waals surface area contributed by atoms with E-state index in [-0.39, 0.29) is 18.2 Å². The maximum atomic E-state index is 13.4. The zero-order chi connectivity index (χ0) is 32.0. The highest BCUT2D eigenvalue weighted by Crippen LogP contribution is 2.35. The lowest BCUT2D eigenvalue weighted by Crippen LogP contribution is -2.46. The number of amides is 2. The summed E-state index contributed by atoms with van der Waals surface area (Å²) in [6.45, 7) is 1.20. The summed E-state index contributed by atoms with van der Waals surface area (Å²) in [6, 6.07) is 17.0. The number of carbonyl (C=O) groups excluding carboxylic acids is 2. The molecule has 4 N–H and O–H groups in total. The van der Waals surface area contributed by atoms with Crippen LogP contribution in [0, 0.1) is 0 Å². The van der Waals surface area contributed by atoms with Gasteiger partial charge in [0.05, 0.1) is 31.3 Å². The number of rotatable bonds is 12. The van der Waals surface area contributed by atoms with Gasteiger partial charge in [0.15, 0.2) is 0 Å². The van der Waals surface area contributed by atoms with Crippen LogP contribution in [-0.2, 0) is 24.3 Å². The Hall–Kier alpha value is -5.04. The lowest BCUT2D eigenvalue weighted by Gasteiger charge is -2.28. The van der Waals surface area contributed by atoms with E-state index in [2.05, 4.69) is 20.4 Å². The molecule has 0 aliphatic carbocycles. The number of hydrogen-bond donors (Lipinski definition) is 3. The Morgan fingerprint density at radius 1 is 1.07 bits per heavy atom. The second-order valence-corrected chi connectivity index (χ2v) is 10.5. The summed E-state index contributed by atoms with van der Waals surface area (Å²) in [5.41, 5.74) is 9.16. The molecule has 1 aromatic heterocycles. The number of hydrogen-bond acceptors (Lipinski definition) is 7. The van der Waals surface area contributed by atoms with Crippen LogP contribution >= 0.6 is 0 Å². The number of imidazole rings is 1. The number of aromatic nitrogens is 2. The number of carbonyl (C=O) groups is 2. The Morgan fingerprint density at radius 2 is 1.78 bits per heavy atom. The van der Waals surface area contributed by atoms with Gasteiger partial charge in [-0.25, -0.2) is 4.98 Å². The number of methoxy groups -OCH3 is 1. The molecule has 2 atom stereocenters. The molecule has 10 nitrogen and oxygen atoms in total. The average molecular weight is 624 g/mol. The number of benzene rings is 3. The number of primary amides is 1. The number of alkyl halides is 3. The summed E-state index contributed by atoms with van der Waals surface area (Å²) in [4.78, 5) is 29.8. The van der Waals surface area contributed by atoms with Crippen LogP contribution in [0.5, 0.6) is 17.2 Å². The molecule has 0 saturated heterocycles. The van der Waals surface area contributed by atoms with E-state index in [1.807, 2.05) is 10.6 Å². The summed E-state index contributed by atoms with van der Waals surface area (Å²) in [5.74, 6) is -0.318. The first kappa shape index (κ1) is 31.4. The van der Waals surface area contributed by atoms with Crippen LogP contribution in [0.4, 0.5) is 13.2 Å². The van der Waals surface area contributed by atoms with Crippen LogP contribution in [0.3, 0.4) is 0 Å². The quantitative estimate of drug-likeness (QED) is 0.215. The van der Waals surface area contributed by atoms with Crippen molar-refractivity contribution in [3.05, 3.63) is 107 Å². The number of nitrogens with one attached hydrogen (secondary N) is 2. The van der Waals surface area contributed by atoms with Gasteiger partial charge in [0.25, 0.3) is 5.91 Å². The minimum absolute atomic E-state index is 0.144. The largest absolute Gasteiger partial charge is 0.573 e. The van der Waals surface area contributed by atoms with E-state index in [0.29, 0.717) is 43.2 Å². The molecule has 1 unspecified atom stereocenters. The third-order valence-corrected chi connectivity index (χ3v) is 7.40. The molecular weight excluding hydrogens is 591 g/mol. The first-order chi connectivity index (χ1) is 21.6. The van der Waals surface area contributed by atoms with E-state index in [1.54, 1.807) is 68.2 Å². The molecule has 0 radical (unpaired) electrons. The average Bonchev–Trinajstić information content (AvgIpc) is 3.46. The summed E-state index contributed by atoms with van der Waals surface area (Å²) in [5, 5.41) is 6.26. The number of nitrogens with zero attached hydrogens (tertiary/aromatic N) is 2. The number of ether oxygens (including phenoxy) is 3. The molecule has 5 rings (SSSR count). The fourth-order valence-electron chi connectivity index (χ4n) is 5.13. The Labute approximate surface area is 257 Å². The van der Waals surface area contributed by atoms with Gasteiger partial charge in [0.1, 0.15) is 23.3 Å². The molecule has 13 heteroatoms.